The van der Waals surface area contributed by atoms with E-state index in [-0.39, 0.29) is 10.7 Å². The van der Waals surface area contributed by atoms with E-state index in [1.165, 1.54) is 17.1 Å². The van der Waals surface area contributed by atoms with E-state index in [2.05, 4.69) is 29.1 Å². The molecular weight excluding hydrogens is 308 g/mol. The summed E-state index contributed by atoms with van der Waals surface area (Å²) in [5.74, 6) is 0.281. The normalized spacial score (nSPS) is 11.6. The lowest BCUT2D eigenvalue weighted by Gasteiger charge is -2.08. The van der Waals surface area contributed by atoms with Gasteiger partial charge in [0, 0.05) is 24.0 Å². The molecule has 0 saturated heterocycles. The van der Waals surface area contributed by atoms with E-state index in [1.807, 2.05) is 0 Å². The summed E-state index contributed by atoms with van der Waals surface area (Å²) in [5.41, 5.74) is 1.12. The molecule has 21 heavy (non-hydrogen) atoms. The van der Waals surface area contributed by atoms with Gasteiger partial charge in [0.15, 0.2) is 0 Å². The molecular formula is C13H18N4O2S2. The molecule has 2 aromatic rings. The number of aromatic nitrogens is 2. The third-order valence-corrected chi connectivity index (χ3v) is 5.00. The number of nitrogens with zero attached hydrogens (tertiary/aromatic N) is 2. The zero-order valence-corrected chi connectivity index (χ0v) is 13.6. The molecule has 2 rings (SSSR count). The van der Waals surface area contributed by atoms with Gasteiger partial charge in [-0.2, -0.15) is 0 Å². The van der Waals surface area contributed by atoms with Crippen LogP contribution in [-0.4, -0.2) is 24.9 Å². The highest BCUT2D eigenvalue weighted by Crippen LogP contribution is 2.19. The largest absolute Gasteiger partial charge is 0.369 e. The molecule has 0 aromatic carbocycles. The fraction of sp³-hybridized carbons (Fsp3) is 0.385. The average Bonchev–Trinajstić information content (AvgIpc) is 2.78. The van der Waals surface area contributed by atoms with Crippen molar-refractivity contribution in [1.82, 2.24) is 9.97 Å². The molecule has 2 aromatic heterocycles. The molecule has 6 nitrogen and oxygen atoms in total. The van der Waals surface area contributed by atoms with Gasteiger partial charge >= 0.3 is 0 Å². The second-order valence-electron chi connectivity index (χ2n) is 4.54. The predicted octanol–water partition coefficient (Wildman–Crippen LogP) is 1.71. The monoisotopic (exact) mass is 326 g/mol. The van der Waals surface area contributed by atoms with Crippen molar-refractivity contribution in [2.75, 3.05) is 11.9 Å². The van der Waals surface area contributed by atoms with E-state index in [0.717, 1.165) is 17.1 Å². The Hall–Kier alpha value is -1.51. The van der Waals surface area contributed by atoms with Crippen LogP contribution < -0.4 is 10.5 Å². The number of primary sulfonamides is 1. The van der Waals surface area contributed by atoms with Crippen LogP contribution in [0.2, 0.25) is 0 Å². The summed E-state index contributed by atoms with van der Waals surface area (Å²) in [7, 11) is -3.77. The number of hydrogen-bond donors (Lipinski definition) is 2. The maximum atomic E-state index is 11.5. The Morgan fingerprint density at radius 3 is 2.81 bits per heavy atom. The smallest absolute Gasteiger partial charge is 0.241 e. The average molecular weight is 326 g/mol. The molecule has 0 radical (unpaired) electrons. The third kappa shape index (κ3) is 3.99. The molecule has 0 atom stereocenters. The van der Waals surface area contributed by atoms with Crippen LogP contribution in [0.5, 0.6) is 0 Å². The number of aryl methyl sites for hydroxylation is 2. The number of nitrogens with one attached hydrogen (secondary N) is 1. The molecule has 0 spiro atoms. The molecule has 0 aliphatic carbocycles. The van der Waals surface area contributed by atoms with Crippen molar-refractivity contribution in [3.8, 4) is 0 Å². The lowest BCUT2D eigenvalue weighted by Crippen LogP contribution is -2.16. The van der Waals surface area contributed by atoms with Crippen LogP contribution in [0.15, 0.2) is 23.2 Å². The van der Waals surface area contributed by atoms with Crippen LogP contribution in [0.3, 0.4) is 0 Å². The molecule has 0 fully saturated rings. The molecule has 0 bridgehead atoms. The van der Waals surface area contributed by atoms with Crippen molar-refractivity contribution in [2.45, 2.75) is 31.6 Å². The third-order valence-electron chi connectivity index (χ3n) is 2.98. The Morgan fingerprint density at radius 1 is 1.43 bits per heavy atom. The summed E-state index contributed by atoms with van der Waals surface area (Å²) in [4.78, 5) is 9.81. The summed E-state index contributed by atoms with van der Waals surface area (Å²) < 4.78 is 22.9. The van der Waals surface area contributed by atoms with Crippen LogP contribution in [0, 0.1) is 6.92 Å². The molecule has 0 amide bonds. The minimum atomic E-state index is -3.77. The maximum absolute atomic E-state index is 11.5. The number of thiazole rings is 1. The zero-order valence-electron chi connectivity index (χ0n) is 12.0. The first kappa shape index (κ1) is 15.9. The summed E-state index contributed by atoms with van der Waals surface area (Å²) in [5, 5.41) is 9.21. The van der Waals surface area contributed by atoms with Gasteiger partial charge in [0.25, 0.3) is 0 Å². The van der Waals surface area contributed by atoms with Gasteiger partial charge in [-0.25, -0.2) is 23.5 Å². The number of nitrogens with two attached hydrogens (primary N) is 1. The number of anilines is 1. The van der Waals surface area contributed by atoms with Crippen LogP contribution in [-0.2, 0) is 22.9 Å². The van der Waals surface area contributed by atoms with Crippen molar-refractivity contribution in [1.29, 1.82) is 0 Å². The second kappa shape index (κ2) is 6.50. The summed E-state index contributed by atoms with van der Waals surface area (Å²) >= 11 is 1.67. The Kier molecular flexibility index (Phi) is 4.92. The molecule has 8 heteroatoms. The van der Waals surface area contributed by atoms with Gasteiger partial charge < -0.3 is 5.32 Å². The first-order chi connectivity index (χ1) is 9.91. The van der Waals surface area contributed by atoms with E-state index < -0.39 is 10.0 Å². The maximum Gasteiger partial charge on any atom is 0.241 e. The topological polar surface area (TPSA) is 98.0 Å². The van der Waals surface area contributed by atoms with Gasteiger partial charge in [-0.1, -0.05) is 6.92 Å². The van der Waals surface area contributed by atoms with Crippen LogP contribution in [0.25, 0.3) is 0 Å². The van der Waals surface area contributed by atoms with E-state index in [4.69, 9.17) is 5.14 Å². The van der Waals surface area contributed by atoms with Crippen molar-refractivity contribution >= 4 is 27.2 Å². The summed E-state index contributed by atoms with van der Waals surface area (Å²) in [6.07, 6.45) is 3.16. The number of rotatable bonds is 6. The molecule has 3 N–H and O–H groups in total. The first-order valence-electron chi connectivity index (χ1n) is 6.58. The van der Waals surface area contributed by atoms with Gasteiger partial charge in [0.05, 0.1) is 10.7 Å². The minimum Gasteiger partial charge on any atom is -0.369 e. The molecule has 0 aliphatic heterocycles. The van der Waals surface area contributed by atoms with Gasteiger partial charge in [-0.3, -0.25) is 0 Å². The van der Waals surface area contributed by atoms with Crippen LogP contribution >= 0.6 is 11.3 Å². The van der Waals surface area contributed by atoms with Gasteiger partial charge in [-0.05, 0) is 25.5 Å². The van der Waals surface area contributed by atoms with Gasteiger partial charge in [-0.15, -0.1) is 11.3 Å². The summed E-state index contributed by atoms with van der Waals surface area (Å²) in [6, 6.07) is 2.98. The minimum absolute atomic E-state index is 0.00886. The Morgan fingerprint density at radius 2 is 2.19 bits per heavy atom. The van der Waals surface area contributed by atoms with Crippen LogP contribution in [0.1, 0.15) is 22.5 Å². The van der Waals surface area contributed by atoms with Crippen molar-refractivity contribution < 1.29 is 8.42 Å². The molecule has 2 heterocycles. The lowest BCUT2D eigenvalue weighted by molar-refractivity contribution is 0.597. The SMILES string of the molecule is CCc1nc(CCNc2ncccc2S(N)(=O)=O)sc1C. The quantitative estimate of drug-likeness (QED) is 0.842. The molecule has 0 saturated carbocycles. The molecule has 114 valence electrons. The Balaban J connectivity index is 2.04. The molecule has 0 unspecified atom stereocenters. The van der Waals surface area contributed by atoms with E-state index >= 15 is 0 Å². The first-order valence-corrected chi connectivity index (χ1v) is 8.95. The molecule has 0 aliphatic rings. The predicted molar refractivity (Wildman–Crippen MR) is 84.0 cm³/mol. The van der Waals surface area contributed by atoms with E-state index in [0.29, 0.717) is 13.0 Å². The Labute approximate surface area is 128 Å². The van der Waals surface area contributed by atoms with Crippen molar-refractivity contribution in [2.24, 2.45) is 5.14 Å². The Bertz CT molecular complexity index is 726. The zero-order chi connectivity index (χ0) is 15.5. The van der Waals surface area contributed by atoms with Crippen molar-refractivity contribution in [3.05, 3.63) is 33.9 Å². The highest BCUT2D eigenvalue weighted by atomic mass is 32.2. The lowest BCUT2D eigenvalue weighted by atomic mass is 10.3. The second-order valence-corrected chi connectivity index (χ2v) is 7.35. The van der Waals surface area contributed by atoms with Gasteiger partial charge in [0.1, 0.15) is 10.7 Å². The van der Waals surface area contributed by atoms with Crippen LogP contribution in [0.4, 0.5) is 5.82 Å². The fourth-order valence-corrected chi connectivity index (χ4v) is 3.65. The standard InChI is InChI=1S/C13H18N4O2S2/c1-3-10-9(2)20-12(17-10)6-8-16-13-11(21(14,18)19)5-4-7-15-13/h4-5,7H,3,6,8H2,1-2H3,(H,15,16)(H2,14,18,19). The number of pyridine rings is 1. The van der Waals surface area contributed by atoms with E-state index in [9.17, 15) is 8.42 Å². The number of sulfonamides is 1. The summed E-state index contributed by atoms with van der Waals surface area (Å²) in [6.45, 7) is 4.69. The van der Waals surface area contributed by atoms with Crippen molar-refractivity contribution in [3.63, 3.8) is 0 Å². The number of hydrogen-bond acceptors (Lipinski definition) is 6. The van der Waals surface area contributed by atoms with E-state index in [1.54, 1.807) is 17.4 Å². The fourth-order valence-electron chi connectivity index (χ4n) is 1.96. The highest BCUT2D eigenvalue weighted by molar-refractivity contribution is 7.89. The highest BCUT2D eigenvalue weighted by Gasteiger charge is 2.14. The van der Waals surface area contributed by atoms with Gasteiger partial charge in [0.2, 0.25) is 10.0 Å².